The van der Waals surface area contributed by atoms with Crippen molar-refractivity contribution in [2.45, 2.75) is 73.0 Å². The van der Waals surface area contributed by atoms with Crippen molar-refractivity contribution in [1.82, 2.24) is 15.2 Å². The summed E-state index contributed by atoms with van der Waals surface area (Å²) in [5, 5.41) is 2.84. The van der Waals surface area contributed by atoms with E-state index in [1.54, 1.807) is 4.90 Å². The summed E-state index contributed by atoms with van der Waals surface area (Å²) in [4.78, 5) is 30.9. The molecule has 1 N–H and O–H groups in total. The lowest BCUT2D eigenvalue weighted by atomic mass is 9.93. The number of nitrogens with one attached hydrogen (secondary N) is 1. The van der Waals surface area contributed by atoms with Gasteiger partial charge in [-0.1, -0.05) is 13.8 Å². The molecule has 0 aliphatic rings. The summed E-state index contributed by atoms with van der Waals surface area (Å²) in [7, 11) is 0. The number of rotatable bonds is 9. The fourth-order valence-corrected chi connectivity index (χ4v) is 2.24. The predicted octanol–water partition coefficient (Wildman–Crippen LogP) is 3.60. The van der Waals surface area contributed by atoms with Gasteiger partial charge in [-0.05, 0) is 40.5 Å². The van der Waals surface area contributed by atoms with Crippen molar-refractivity contribution < 1.29 is 14.0 Å². The molecular formula is C18H30ClN3O3. The summed E-state index contributed by atoms with van der Waals surface area (Å²) in [5.41, 5.74) is -0.447. The number of halogens is 1. The molecule has 142 valence electrons. The van der Waals surface area contributed by atoms with Crippen molar-refractivity contribution in [2.75, 3.05) is 5.88 Å². The molecule has 0 aliphatic heterocycles. The van der Waals surface area contributed by atoms with Crippen LogP contribution in [0.3, 0.4) is 0 Å². The van der Waals surface area contributed by atoms with E-state index in [1.165, 1.54) is 6.26 Å². The highest BCUT2D eigenvalue weighted by molar-refractivity contribution is 6.19. The van der Waals surface area contributed by atoms with Gasteiger partial charge in [0.2, 0.25) is 11.8 Å². The first-order chi connectivity index (χ1) is 11.7. The van der Waals surface area contributed by atoms with Crippen LogP contribution in [0, 0.1) is 5.41 Å². The molecule has 6 nitrogen and oxygen atoms in total. The lowest BCUT2D eigenvalue weighted by Crippen LogP contribution is -2.46. The molecule has 25 heavy (non-hydrogen) atoms. The van der Waals surface area contributed by atoms with Crippen LogP contribution in [-0.4, -0.2) is 39.7 Å². The monoisotopic (exact) mass is 371 g/mol. The second kappa shape index (κ2) is 9.22. The Hall–Kier alpha value is -1.56. The number of nitrogens with zero attached hydrogens (tertiary/aromatic N) is 2. The average Bonchev–Trinajstić information content (AvgIpc) is 3.06. The van der Waals surface area contributed by atoms with Gasteiger partial charge in [-0.2, -0.15) is 0 Å². The largest absolute Gasteiger partial charge is 0.446 e. The molecule has 0 spiro atoms. The number of hydrogen-bond acceptors (Lipinski definition) is 4. The van der Waals surface area contributed by atoms with E-state index in [9.17, 15) is 9.59 Å². The third-order valence-electron chi connectivity index (χ3n) is 4.38. The summed E-state index contributed by atoms with van der Waals surface area (Å²) < 4.78 is 5.42. The van der Waals surface area contributed by atoms with E-state index in [0.29, 0.717) is 5.89 Å². The maximum atomic E-state index is 12.8. The Morgan fingerprint density at radius 3 is 2.48 bits per heavy atom. The van der Waals surface area contributed by atoms with Crippen LogP contribution in [0.4, 0.5) is 0 Å². The first-order valence-corrected chi connectivity index (χ1v) is 9.31. The maximum absolute atomic E-state index is 12.8. The van der Waals surface area contributed by atoms with E-state index in [2.05, 4.69) is 10.3 Å². The Balaban J connectivity index is 2.92. The van der Waals surface area contributed by atoms with Gasteiger partial charge in [0.1, 0.15) is 6.26 Å². The van der Waals surface area contributed by atoms with E-state index >= 15 is 0 Å². The molecule has 1 heterocycles. The van der Waals surface area contributed by atoms with Crippen molar-refractivity contribution >= 4 is 23.4 Å². The van der Waals surface area contributed by atoms with Gasteiger partial charge in [0.05, 0.1) is 12.0 Å². The van der Waals surface area contributed by atoms with Crippen LogP contribution in [0.2, 0.25) is 0 Å². The number of carbonyl (C=O) groups is 2. The van der Waals surface area contributed by atoms with Crippen LogP contribution in [0.5, 0.6) is 0 Å². The molecular weight excluding hydrogens is 342 g/mol. The Bertz CT molecular complexity index is 586. The minimum absolute atomic E-state index is 0.0132. The van der Waals surface area contributed by atoms with Gasteiger partial charge in [0.15, 0.2) is 5.69 Å². The van der Waals surface area contributed by atoms with Crippen molar-refractivity contribution in [3.8, 4) is 0 Å². The number of aromatic nitrogens is 1. The molecule has 0 aromatic carbocycles. The van der Waals surface area contributed by atoms with Gasteiger partial charge >= 0.3 is 0 Å². The first-order valence-electron chi connectivity index (χ1n) is 8.78. The summed E-state index contributed by atoms with van der Waals surface area (Å²) in [6, 6.07) is 0.0784. The molecule has 1 aromatic rings. The minimum Gasteiger partial charge on any atom is -0.446 e. The van der Waals surface area contributed by atoms with Gasteiger partial charge in [0.25, 0.3) is 5.91 Å². The van der Waals surface area contributed by atoms with E-state index in [1.807, 2.05) is 41.5 Å². The standard InChI is InChI=1S/C18H30ClN3O3/c1-7-12(3)20-16(23)14-10-25-15(21-14)9-22(13(4)8-2)17(24)18(5,6)11-19/h10,12-13H,7-9,11H2,1-6H3,(H,20,23). The van der Waals surface area contributed by atoms with Crippen LogP contribution >= 0.6 is 11.6 Å². The van der Waals surface area contributed by atoms with Crippen molar-refractivity contribution in [2.24, 2.45) is 5.41 Å². The SMILES string of the molecule is CCC(C)NC(=O)c1coc(CN(C(=O)C(C)(C)CCl)C(C)CC)n1. The molecule has 0 aliphatic carbocycles. The summed E-state index contributed by atoms with van der Waals surface area (Å²) >= 11 is 5.95. The van der Waals surface area contributed by atoms with Gasteiger partial charge in [0, 0.05) is 18.0 Å². The average molecular weight is 372 g/mol. The number of carbonyl (C=O) groups excluding carboxylic acids is 2. The Morgan fingerprint density at radius 2 is 1.96 bits per heavy atom. The number of hydrogen-bond donors (Lipinski definition) is 1. The zero-order valence-corrected chi connectivity index (χ0v) is 16.8. The lowest BCUT2D eigenvalue weighted by Gasteiger charge is -2.34. The van der Waals surface area contributed by atoms with Crippen LogP contribution in [0.25, 0.3) is 0 Å². The van der Waals surface area contributed by atoms with Crippen molar-refractivity contribution in [3.63, 3.8) is 0 Å². The van der Waals surface area contributed by atoms with Crippen molar-refractivity contribution in [3.05, 3.63) is 17.8 Å². The molecule has 2 unspecified atom stereocenters. The summed E-state index contributed by atoms with van der Waals surface area (Å²) in [6.07, 6.45) is 2.96. The molecule has 0 fully saturated rings. The smallest absolute Gasteiger partial charge is 0.273 e. The van der Waals surface area contributed by atoms with E-state index in [-0.39, 0.29) is 42.0 Å². The van der Waals surface area contributed by atoms with Gasteiger partial charge < -0.3 is 14.6 Å². The number of alkyl halides is 1. The molecule has 2 atom stereocenters. The third-order valence-corrected chi connectivity index (χ3v) is 5.04. The van der Waals surface area contributed by atoms with Gasteiger partial charge in [-0.15, -0.1) is 11.6 Å². The van der Waals surface area contributed by atoms with E-state index in [0.717, 1.165) is 12.8 Å². The molecule has 0 bridgehead atoms. The Kier molecular flexibility index (Phi) is 7.93. The van der Waals surface area contributed by atoms with Crippen LogP contribution in [0.15, 0.2) is 10.7 Å². The molecule has 7 heteroatoms. The predicted molar refractivity (Wildman–Crippen MR) is 98.5 cm³/mol. The molecule has 2 amide bonds. The molecule has 0 saturated carbocycles. The quantitative estimate of drug-likeness (QED) is 0.673. The minimum atomic E-state index is -0.672. The normalized spacial score (nSPS) is 14.0. The highest BCUT2D eigenvalue weighted by Crippen LogP contribution is 2.24. The highest BCUT2D eigenvalue weighted by atomic mass is 35.5. The number of amides is 2. The van der Waals surface area contributed by atoms with Crippen molar-refractivity contribution in [1.29, 1.82) is 0 Å². The number of oxazole rings is 1. The fourth-order valence-electron chi connectivity index (χ4n) is 2.13. The first kappa shape index (κ1) is 21.5. The molecule has 0 radical (unpaired) electrons. The highest BCUT2D eigenvalue weighted by Gasteiger charge is 2.34. The second-order valence-corrected chi connectivity index (χ2v) is 7.38. The van der Waals surface area contributed by atoms with Crippen LogP contribution in [0.1, 0.15) is 70.8 Å². The lowest BCUT2D eigenvalue weighted by molar-refractivity contribution is -0.142. The zero-order chi connectivity index (χ0) is 19.2. The van der Waals surface area contributed by atoms with Gasteiger partial charge in [-0.3, -0.25) is 9.59 Å². The fraction of sp³-hybridized carbons (Fsp3) is 0.722. The Labute approximate surface area is 155 Å². The van der Waals surface area contributed by atoms with E-state index < -0.39 is 5.41 Å². The van der Waals surface area contributed by atoms with Gasteiger partial charge in [-0.25, -0.2) is 4.98 Å². The second-order valence-electron chi connectivity index (χ2n) is 7.12. The maximum Gasteiger partial charge on any atom is 0.273 e. The summed E-state index contributed by atoms with van der Waals surface area (Å²) in [6.45, 7) is 11.8. The molecule has 1 rings (SSSR count). The van der Waals surface area contributed by atoms with Crippen LogP contribution < -0.4 is 5.32 Å². The molecule has 1 aromatic heterocycles. The molecule has 0 saturated heterocycles. The third kappa shape index (κ3) is 5.73. The zero-order valence-electron chi connectivity index (χ0n) is 16.1. The Morgan fingerprint density at radius 1 is 1.32 bits per heavy atom. The topological polar surface area (TPSA) is 75.4 Å². The van der Waals surface area contributed by atoms with Crippen LogP contribution in [-0.2, 0) is 11.3 Å². The van der Waals surface area contributed by atoms with E-state index in [4.69, 9.17) is 16.0 Å². The summed E-state index contributed by atoms with van der Waals surface area (Å²) in [5.74, 6) is 0.244.